The molecule has 0 aliphatic carbocycles. The first-order chi connectivity index (χ1) is 8.27. The van der Waals surface area contributed by atoms with Gasteiger partial charge in [0.05, 0.1) is 0 Å². The average molecular weight is 302 g/mol. The fourth-order valence-electron chi connectivity index (χ4n) is 1.16. The third kappa shape index (κ3) is 3.60. The summed E-state index contributed by atoms with van der Waals surface area (Å²) in [6.07, 6.45) is 0. The third-order valence-corrected chi connectivity index (χ3v) is 4.12. The molecule has 8 heteroatoms. The van der Waals surface area contributed by atoms with E-state index in [9.17, 15) is 21.6 Å². The maximum Gasteiger partial charge on any atom is 0.246 e. The Balaban J connectivity index is 3.06. The summed E-state index contributed by atoms with van der Waals surface area (Å²) in [7, 11) is -4.37. The monoisotopic (exact) mass is 301 g/mol. The van der Waals surface area contributed by atoms with Crippen molar-refractivity contribution < 1.29 is 21.6 Å². The number of alkyl halides is 1. The van der Waals surface area contributed by atoms with Crippen LogP contribution in [0, 0.1) is 23.4 Å². The number of benzene rings is 1. The molecular weight excluding hydrogens is 291 g/mol. The molecule has 0 aliphatic rings. The number of rotatable bonds is 5. The molecule has 18 heavy (non-hydrogen) atoms. The molecule has 1 atom stereocenters. The number of sulfonamides is 1. The third-order valence-electron chi connectivity index (χ3n) is 2.12. The van der Waals surface area contributed by atoms with Gasteiger partial charge in [-0.1, -0.05) is 6.92 Å². The lowest BCUT2D eigenvalue weighted by molar-refractivity contribution is 0.491. The fraction of sp³-hybridized carbons (Fsp3) is 0.400. The maximum absolute atomic E-state index is 13.3. The molecular formula is C10H11ClF3NO2S. The van der Waals surface area contributed by atoms with Crippen LogP contribution in [0.25, 0.3) is 0 Å². The molecule has 0 bridgehead atoms. The Morgan fingerprint density at radius 1 is 1.28 bits per heavy atom. The SMILES string of the molecule is CC(CCl)CNS(=O)(=O)c1c(F)cc(F)cc1F. The van der Waals surface area contributed by atoms with Gasteiger partial charge in [-0.05, 0) is 5.92 Å². The van der Waals surface area contributed by atoms with Crippen molar-refractivity contribution in [3.05, 3.63) is 29.6 Å². The zero-order valence-electron chi connectivity index (χ0n) is 9.38. The van der Waals surface area contributed by atoms with Crippen LogP contribution in [-0.4, -0.2) is 20.8 Å². The summed E-state index contributed by atoms with van der Waals surface area (Å²) in [5.41, 5.74) is 0. The van der Waals surface area contributed by atoms with Gasteiger partial charge in [0, 0.05) is 24.6 Å². The van der Waals surface area contributed by atoms with Crippen molar-refractivity contribution in [2.24, 2.45) is 5.92 Å². The molecule has 1 rings (SSSR count). The standard InChI is InChI=1S/C10H11ClF3NO2S/c1-6(4-11)5-15-18(16,17)10-8(13)2-7(12)3-9(10)14/h2-3,6,15H,4-5H2,1H3. The van der Waals surface area contributed by atoms with E-state index in [1.54, 1.807) is 6.92 Å². The van der Waals surface area contributed by atoms with E-state index in [1.807, 2.05) is 4.72 Å². The van der Waals surface area contributed by atoms with Crippen LogP contribution in [0.4, 0.5) is 13.2 Å². The minimum absolute atomic E-state index is 0.0674. The van der Waals surface area contributed by atoms with Crippen molar-refractivity contribution in [3.63, 3.8) is 0 Å². The summed E-state index contributed by atoms with van der Waals surface area (Å²) < 4.78 is 64.5. The normalized spacial score (nSPS) is 13.6. The summed E-state index contributed by atoms with van der Waals surface area (Å²) in [5.74, 6) is -4.14. The van der Waals surface area contributed by atoms with Crippen LogP contribution in [-0.2, 0) is 10.0 Å². The van der Waals surface area contributed by atoms with Gasteiger partial charge in [0.1, 0.15) is 17.5 Å². The van der Waals surface area contributed by atoms with E-state index in [4.69, 9.17) is 11.6 Å². The topological polar surface area (TPSA) is 46.2 Å². The van der Waals surface area contributed by atoms with E-state index in [2.05, 4.69) is 0 Å². The summed E-state index contributed by atoms with van der Waals surface area (Å²) in [4.78, 5) is -1.19. The van der Waals surface area contributed by atoms with Crippen LogP contribution in [0.15, 0.2) is 17.0 Å². The molecule has 0 fully saturated rings. The lowest BCUT2D eigenvalue weighted by Crippen LogP contribution is -2.30. The van der Waals surface area contributed by atoms with Crippen LogP contribution in [0.2, 0.25) is 0 Å². The largest absolute Gasteiger partial charge is 0.246 e. The number of halogens is 4. The molecule has 0 amide bonds. The molecule has 0 saturated heterocycles. The molecule has 0 spiro atoms. The number of nitrogens with one attached hydrogen (secondary N) is 1. The number of hydrogen-bond donors (Lipinski definition) is 1. The molecule has 3 nitrogen and oxygen atoms in total. The highest BCUT2D eigenvalue weighted by Crippen LogP contribution is 2.20. The van der Waals surface area contributed by atoms with Crippen LogP contribution >= 0.6 is 11.6 Å². The Bertz CT molecular complexity index is 513. The molecule has 1 aromatic rings. The molecule has 1 N–H and O–H groups in total. The van der Waals surface area contributed by atoms with Crippen LogP contribution in [0.5, 0.6) is 0 Å². The Kier molecular flexibility index (Phi) is 5.01. The van der Waals surface area contributed by atoms with Crippen LogP contribution in [0.3, 0.4) is 0 Å². The van der Waals surface area contributed by atoms with E-state index in [1.165, 1.54) is 0 Å². The highest BCUT2D eigenvalue weighted by atomic mass is 35.5. The van der Waals surface area contributed by atoms with Gasteiger partial charge in [-0.25, -0.2) is 26.3 Å². The van der Waals surface area contributed by atoms with Crippen LogP contribution < -0.4 is 4.72 Å². The van der Waals surface area contributed by atoms with Crippen molar-refractivity contribution in [1.82, 2.24) is 4.72 Å². The second kappa shape index (κ2) is 5.90. The first-order valence-electron chi connectivity index (χ1n) is 4.98. The Morgan fingerprint density at radius 3 is 2.22 bits per heavy atom. The van der Waals surface area contributed by atoms with E-state index in [-0.39, 0.29) is 18.3 Å². The van der Waals surface area contributed by atoms with Crippen molar-refractivity contribution in [1.29, 1.82) is 0 Å². The molecule has 0 aromatic heterocycles. The van der Waals surface area contributed by atoms with Crippen molar-refractivity contribution >= 4 is 21.6 Å². The van der Waals surface area contributed by atoms with Crippen LogP contribution in [0.1, 0.15) is 6.92 Å². The average Bonchev–Trinajstić information content (AvgIpc) is 2.24. The lowest BCUT2D eigenvalue weighted by atomic mass is 10.2. The Hall–Kier alpha value is -0.790. The van der Waals surface area contributed by atoms with Gasteiger partial charge in [0.25, 0.3) is 0 Å². The minimum atomic E-state index is -4.37. The summed E-state index contributed by atoms with van der Waals surface area (Å²) in [5, 5.41) is 0. The van der Waals surface area contributed by atoms with Gasteiger partial charge < -0.3 is 0 Å². The van der Waals surface area contributed by atoms with E-state index >= 15 is 0 Å². The molecule has 0 aliphatic heterocycles. The molecule has 0 saturated carbocycles. The molecule has 1 unspecified atom stereocenters. The number of hydrogen-bond acceptors (Lipinski definition) is 2. The van der Waals surface area contributed by atoms with E-state index < -0.39 is 32.4 Å². The summed E-state index contributed by atoms with van der Waals surface area (Å²) in [6, 6.07) is 0.616. The van der Waals surface area contributed by atoms with E-state index in [0.717, 1.165) is 0 Å². The quantitative estimate of drug-likeness (QED) is 0.848. The van der Waals surface area contributed by atoms with Crippen molar-refractivity contribution in [2.75, 3.05) is 12.4 Å². The Morgan fingerprint density at radius 2 is 1.78 bits per heavy atom. The predicted octanol–water partition coefficient (Wildman–Crippen LogP) is 2.26. The first kappa shape index (κ1) is 15.3. The van der Waals surface area contributed by atoms with Gasteiger partial charge in [0.2, 0.25) is 10.0 Å². The molecule has 1 aromatic carbocycles. The zero-order chi connectivity index (χ0) is 13.9. The van der Waals surface area contributed by atoms with Crippen molar-refractivity contribution in [2.45, 2.75) is 11.8 Å². The second-order valence-corrected chi connectivity index (χ2v) is 5.82. The van der Waals surface area contributed by atoms with Gasteiger partial charge in [-0.15, -0.1) is 11.6 Å². The second-order valence-electron chi connectivity index (χ2n) is 3.81. The fourth-order valence-corrected chi connectivity index (χ4v) is 2.55. The predicted molar refractivity (Wildman–Crippen MR) is 61.4 cm³/mol. The molecule has 102 valence electrons. The zero-order valence-corrected chi connectivity index (χ0v) is 11.0. The van der Waals surface area contributed by atoms with Gasteiger partial charge in [-0.3, -0.25) is 0 Å². The molecule has 0 radical (unpaired) electrons. The summed E-state index contributed by atoms with van der Waals surface area (Å²) in [6.45, 7) is 1.59. The summed E-state index contributed by atoms with van der Waals surface area (Å²) >= 11 is 5.48. The Labute approximate surface area is 108 Å². The van der Waals surface area contributed by atoms with Gasteiger partial charge >= 0.3 is 0 Å². The maximum atomic E-state index is 13.3. The minimum Gasteiger partial charge on any atom is -0.211 e. The molecule has 0 heterocycles. The van der Waals surface area contributed by atoms with Gasteiger partial charge in [0.15, 0.2) is 4.90 Å². The highest BCUT2D eigenvalue weighted by molar-refractivity contribution is 7.89. The lowest BCUT2D eigenvalue weighted by Gasteiger charge is -2.11. The van der Waals surface area contributed by atoms with Gasteiger partial charge in [-0.2, -0.15) is 0 Å². The van der Waals surface area contributed by atoms with Crippen molar-refractivity contribution in [3.8, 4) is 0 Å². The van der Waals surface area contributed by atoms with E-state index in [0.29, 0.717) is 12.1 Å². The smallest absolute Gasteiger partial charge is 0.211 e. The first-order valence-corrected chi connectivity index (χ1v) is 7.00. The highest BCUT2D eigenvalue weighted by Gasteiger charge is 2.25.